The van der Waals surface area contributed by atoms with Crippen LogP contribution in [0.25, 0.3) is 11.4 Å². The molecule has 0 spiro atoms. The number of halogens is 1. The summed E-state index contributed by atoms with van der Waals surface area (Å²) in [5.41, 5.74) is 11.7. The largest absolute Gasteiger partial charge is 0.397 e. The van der Waals surface area contributed by atoms with E-state index in [1.807, 2.05) is 12.1 Å². The Kier molecular flexibility index (Phi) is 6.77. The quantitative estimate of drug-likeness (QED) is 0.598. The van der Waals surface area contributed by atoms with Gasteiger partial charge in [0.25, 0.3) is 0 Å². The summed E-state index contributed by atoms with van der Waals surface area (Å²) in [7, 11) is 0. The SMILES string of the molecule is N/C(=C(/c1ccncc1)N1CCC[C@H]1CN1CCN(c2ccccc2)CC1)c1ccc(F)cc1. The first-order chi connectivity index (χ1) is 16.7. The molecule has 6 heteroatoms. The van der Waals surface area contributed by atoms with E-state index in [0.717, 1.165) is 68.9 Å². The molecule has 2 N–H and O–H groups in total. The highest BCUT2D eigenvalue weighted by molar-refractivity contribution is 5.88. The molecule has 0 amide bonds. The summed E-state index contributed by atoms with van der Waals surface area (Å²) in [6.07, 6.45) is 5.90. The summed E-state index contributed by atoms with van der Waals surface area (Å²) in [6.45, 7) is 6.19. The second-order valence-electron chi connectivity index (χ2n) is 9.12. The molecule has 1 atom stereocenters. The Bertz CT molecular complexity index is 1090. The maximum Gasteiger partial charge on any atom is 0.123 e. The third kappa shape index (κ3) is 4.92. The van der Waals surface area contributed by atoms with Crippen LogP contribution >= 0.6 is 0 Å². The standard InChI is InChI=1S/C28H32FN5/c29-24-10-8-22(9-11-24)27(30)28(23-12-14-31-15-13-23)34-16-4-7-26(34)21-32-17-19-33(20-18-32)25-5-2-1-3-6-25/h1-3,5-6,8-15,26H,4,7,16-21,30H2/b28-27-/t26-/m0/s1. The lowest BCUT2D eigenvalue weighted by Crippen LogP contribution is -2.50. The highest BCUT2D eigenvalue weighted by atomic mass is 19.1. The van der Waals surface area contributed by atoms with E-state index in [-0.39, 0.29) is 5.82 Å². The minimum atomic E-state index is -0.254. The van der Waals surface area contributed by atoms with Crippen molar-refractivity contribution in [2.75, 3.05) is 44.2 Å². The van der Waals surface area contributed by atoms with Crippen LogP contribution in [0.3, 0.4) is 0 Å². The fourth-order valence-corrected chi connectivity index (χ4v) is 5.20. The van der Waals surface area contributed by atoms with Crippen LogP contribution in [-0.2, 0) is 0 Å². The predicted octanol–water partition coefficient (Wildman–Crippen LogP) is 4.29. The maximum atomic E-state index is 13.5. The minimum absolute atomic E-state index is 0.254. The topological polar surface area (TPSA) is 48.6 Å². The van der Waals surface area contributed by atoms with Gasteiger partial charge in [-0.25, -0.2) is 4.39 Å². The Morgan fingerprint density at radius 3 is 2.26 bits per heavy atom. The van der Waals surface area contributed by atoms with E-state index in [4.69, 9.17) is 5.73 Å². The Morgan fingerprint density at radius 2 is 1.56 bits per heavy atom. The molecule has 34 heavy (non-hydrogen) atoms. The van der Waals surface area contributed by atoms with Gasteiger partial charge in [0.05, 0.1) is 11.4 Å². The Labute approximate surface area is 201 Å². The number of rotatable bonds is 6. The number of para-hydroxylation sites is 1. The zero-order valence-electron chi connectivity index (χ0n) is 19.5. The third-order valence-electron chi connectivity index (χ3n) is 6.99. The highest BCUT2D eigenvalue weighted by Crippen LogP contribution is 2.33. The summed E-state index contributed by atoms with van der Waals surface area (Å²) in [5.74, 6) is -0.254. The van der Waals surface area contributed by atoms with E-state index in [0.29, 0.717) is 11.7 Å². The lowest BCUT2D eigenvalue weighted by atomic mass is 10.0. The van der Waals surface area contributed by atoms with Crippen molar-refractivity contribution >= 4 is 17.1 Å². The van der Waals surface area contributed by atoms with Gasteiger partial charge in [0.15, 0.2) is 0 Å². The van der Waals surface area contributed by atoms with Crippen molar-refractivity contribution in [2.45, 2.75) is 18.9 Å². The van der Waals surface area contributed by atoms with E-state index >= 15 is 0 Å². The number of nitrogens with two attached hydrogens (primary N) is 1. The molecular formula is C28H32FN5. The van der Waals surface area contributed by atoms with Crippen molar-refractivity contribution in [1.82, 2.24) is 14.8 Å². The zero-order valence-corrected chi connectivity index (χ0v) is 19.5. The van der Waals surface area contributed by atoms with Gasteiger partial charge in [-0.15, -0.1) is 0 Å². The lowest BCUT2D eigenvalue weighted by Gasteiger charge is -2.39. The third-order valence-corrected chi connectivity index (χ3v) is 6.99. The monoisotopic (exact) mass is 457 g/mol. The molecule has 0 saturated carbocycles. The van der Waals surface area contributed by atoms with Crippen molar-refractivity contribution in [3.63, 3.8) is 0 Å². The van der Waals surface area contributed by atoms with Crippen LogP contribution in [0.5, 0.6) is 0 Å². The van der Waals surface area contributed by atoms with Gasteiger partial charge in [-0.05, 0) is 66.9 Å². The molecule has 2 aromatic carbocycles. The molecule has 2 aliphatic rings. The number of hydrogen-bond acceptors (Lipinski definition) is 5. The molecule has 0 radical (unpaired) electrons. The summed E-state index contributed by atoms with van der Waals surface area (Å²) < 4.78 is 13.5. The molecule has 0 bridgehead atoms. The van der Waals surface area contributed by atoms with Crippen LogP contribution in [0.1, 0.15) is 24.0 Å². The number of benzene rings is 2. The van der Waals surface area contributed by atoms with Crippen LogP contribution in [0.2, 0.25) is 0 Å². The van der Waals surface area contributed by atoms with Crippen molar-refractivity contribution in [1.29, 1.82) is 0 Å². The van der Waals surface area contributed by atoms with Crippen molar-refractivity contribution in [3.8, 4) is 0 Å². The second-order valence-corrected chi connectivity index (χ2v) is 9.12. The van der Waals surface area contributed by atoms with Gasteiger partial charge in [0.2, 0.25) is 0 Å². The number of likely N-dealkylation sites (tertiary alicyclic amines) is 1. The molecule has 5 rings (SSSR count). The van der Waals surface area contributed by atoms with Crippen molar-refractivity contribution in [3.05, 3.63) is 96.1 Å². The molecule has 2 aliphatic heterocycles. The first-order valence-electron chi connectivity index (χ1n) is 12.1. The number of nitrogens with zero attached hydrogens (tertiary/aromatic N) is 4. The first-order valence-corrected chi connectivity index (χ1v) is 12.1. The summed E-state index contributed by atoms with van der Waals surface area (Å²) in [6, 6.07) is 21.6. The van der Waals surface area contributed by atoms with Gasteiger partial charge in [-0.2, -0.15) is 0 Å². The van der Waals surface area contributed by atoms with Crippen LogP contribution in [-0.4, -0.2) is 60.1 Å². The van der Waals surface area contributed by atoms with Crippen LogP contribution in [0.4, 0.5) is 10.1 Å². The van der Waals surface area contributed by atoms with E-state index in [2.05, 4.69) is 50.0 Å². The fraction of sp³-hybridized carbons (Fsp3) is 0.321. The van der Waals surface area contributed by atoms with Gasteiger partial charge in [-0.3, -0.25) is 9.88 Å². The molecule has 2 saturated heterocycles. The predicted molar refractivity (Wildman–Crippen MR) is 136 cm³/mol. The molecule has 0 aliphatic carbocycles. The van der Waals surface area contributed by atoms with E-state index in [9.17, 15) is 4.39 Å². The Balaban J connectivity index is 1.35. The second kappa shape index (κ2) is 10.3. The van der Waals surface area contributed by atoms with E-state index < -0.39 is 0 Å². The molecule has 176 valence electrons. The van der Waals surface area contributed by atoms with Crippen LogP contribution in [0.15, 0.2) is 79.1 Å². The zero-order chi connectivity index (χ0) is 23.3. The number of anilines is 1. The number of hydrogen-bond donors (Lipinski definition) is 1. The molecular weight excluding hydrogens is 425 g/mol. The Hall–Kier alpha value is -3.38. The summed E-state index contributed by atoms with van der Waals surface area (Å²) in [5, 5.41) is 0. The lowest BCUT2D eigenvalue weighted by molar-refractivity contribution is 0.201. The Morgan fingerprint density at radius 1 is 0.853 bits per heavy atom. The fourth-order valence-electron chi connectivity index (χ4n) is 5.20. The molecule has 2 fully saturated rings. The molecule has 5 nitrogen and oxygen atoms in total. The van der Waals surface area contributed by atoms with E-state index in [1.54, 1.807) is 24.5 Å². The van der Waals surface area contributed by atoms with Crippen molar-refractivity contribution in [2.24, 2.45) is 5.73 Å². The number of piperazine rings is 1. The molecule has 1 aromatic heterocycles. The normalized spacial score (nSPS) is 19.9. The highest BCUT2D eigenvalue weighted by Gasteiger charge is 2.31. The van der Waals surface area contributed by atoms with Gasteiger partial charge in [0, 0.05) is 69.0 Å². The number of pyridine rings is 1. The average Bonchev–Trinajstić information content (AvgIpc) is 3.33. The van der Waals surface area contributed by atoms with Crippen molar-refractivity contribution < 1.29 is 4.39 Å². The molecule has 0 unspecified atom stereocenters. The minimum Gasteiger partial charge on any atom is -0.397 e. The van der Waals surface area contributed by atoms with Crippen LogP contribution < -0.4 is 10.6 Å². The first kappa shape index (κ1) is 22.4. The van der Waals surface area contributed by atoms with Crippen LogP contribution in [0, 0.1) is 5.82 Å². The maximum absolute atomic E-state index is 13.5. The summed E-state index contributed by atoms with van der Waals surface area (Å²) >= 11 is 0. The number of aromatic nitrogens is 1. The average molecular weight is 458 g/mol. The van der Waals surface area contributed by atoms with Gasteiger partial charge >= 0.3 is 0 Å². The molecule has 3 aromatic rings. The van der Waals surface area contributed by atoms with Gasteiger partial charge in [0.1, 0.15) is 5.82 Å². The van der Waals surface area contributed by atoms with E-state index in [1.165, 1.54) is 17.8 Å². The van der Waals surface area contributed by atoms with Gasteiger partial charge < -0.3 is 15.5 Å². The summed E-state index contributed by atoms with van der Waals surface area (Å²) in [4.78, 5) is 11.7. The molecule has 3 heterocycles. The van der Waals surface area contributed by atoms with Gasteiger partial charge in [-0.1, -0.05) is 18.2 Å². The smallest absolute Gasteiger partial charge is 0.123 e.